The van der Waals surface area contributed by atoms with Gasteiger partial charge in [0, 0.05) is 13.1 Å². The molecule has 0 unspecified atom stereocenters. The zero-order valence-corrected chi connectivity index (χ0v) is 19.6. The summed E-state index contributed by atoms with van der Waals surface area (Å²) in [7, 11) is 3.29. The summed E-state index contributed by atoms with van der Waals surface area (Å²) in [5.41, 5.74) is 4.09. The second-order valence-corrected chi connectivity index (χ2v) is 8.43. The third kappa shape index (κ3) is 4.13. The van der Waals surface area contributed by atoms with Gasteiger partial charge in [-0.2, -0.15) is 0 Å². The minimum absolute atomic E-state index is 0.0397. The van der Waals surface area contributed by atoms with E-state index in [1.54, 1.807) is 20.3 Å². The zero-order valence-electron chi connectivity index (χ0n) is 19.6. The van der Waals surface area contributed by atoms with Gasteiger partial charge in [-0.3, -0.25) is 9.69 Å². The number of benzene rings is 3. The van der Waals surface area contributed by atoms with Gasteiger partial charge in [0.05, 0.1) is 30.7 Å². The van der Waals surface area contributed by atoms with E-state index in [4.69, 9.17) is 18.6 Å². The van der Waals surface area contributed by atoms with E-state index in [-0.39, 0.29) is 5.43 Å². The normalized spacial score (nSPS) is 13.4. The zero-order chi connectivity index (χ0) is 23.7. The van der Waals surface area contributed by atoms with E-state index in [0.29, 0.717) is 35.6 Å². The SMILES string of the molecule is COc1ccc(CCN2COc3ccc4c(=O)c(-c5ccc(OC)cc5)c(C)oc4c3C2)cc1. The Balaban J connectivity index is 1.43. The van der Waals surface area contributed by atoms with Crippen LogP contribution in [0, 0.1) is 6.92 Å². The van der Waals surface area contributed by atoms with Gasteiger partial charge in [0.1, 0.15) is 35.3 Å². The molecule has 0 bridgehead atoms. The first-order valence-electron chi connectivity index (χ1n) is 11.3. The third-order valence-electron chi connectivity index (χ3n) is 6.34. The van der Waals surface area contributed by atoms with Crippen molar-refractivity contribution in [1.29, 1.82) is 0 Å². The van der Waals surface area contributed by atoms with E-state index < -0.39 is 0 Å². The summed E-state index contributed by atoms with van der Waals surface area (Å²) in [4.78, 5) is 15.7. The fourth-order valence-electron chi connectivity index (χ4n) is 4.43. The summed E-state index contributed by atoms with van der Waals surface area (Å²) in [5, 5.41) is 0.566. The molecule has 0 saturated heterocycles. The van der Waals surface area contributed by atoms with Gasteiger partial charge in [0.2, 0.25) is 5.43 Å². The minimum atomic E-state index is -0.0397. The van der Waals surface area contributed by atoms with Gasteiger partial charge in [0.15, 0.2) is 0 Å². The van der Waals surface area contributed by atoms with E-state index in [9.17, 15) is 4.79 Å². The highest BCUT2D eigenvalue weighted by Crippen LogP contribution is 2.34. The summed E-state index contributed by atoms with van der Waals surface area (Å²) < 4.78 is 22.8. The summed E-state index contributed by atoms with van der Waals surface area (Å²) in [5.74, 6) is 2.96. The fourth-order valence-corrected chi connectivity index (χ4v) is 4.43. The fraction of sp³-hybridized carbons (Fsp3) is 0.250. The number of aryl methyl sites for hydroxylation is 1. The van der Waals surface area contributed by atoms with E-state index >= 15 is 0 Å². The molecule has 1 aliphatic rings. The molecule has 0 saturated carbocycles. The van der Waals surface area contributed by atoms with Crippen molar-refractivity contribution in [3.8, 4) is 28.4 Å². The van der Waals surface area contributed by atoms with Gasteiger partial charge in [0.25, 0.3) is 0 Å². The van der Waals surface area contributed by atoms with Crippen molar-refractivity contribution in [2.45, 2.75) is 19.9 Å². The summed E-state index contributed by atoms with van der Waals surface area (Å²) in [6.45, 7) is 3.83. The third-order valence-corrected chi connectivity index (χ3v) is 6.34. The molecule has 0 radical (unpaired) electrons. The second-order valence-electron chi connectivity index (χ2n) is 8.43. The second kappa shape index (κ2) is 9.23. The summed E-state index contributed by atoms with van der Waals surface area (Å²) in [6, 6.07) is 19.2. The molecule has 0 amide bonds. The highest BCUT2D eigenvalue weighted by atomic mass is 16.5. The first-order valence-corrected chi connectivity index (χ1v) is 11.3. The molecule has 1 aromatic heterocycles. The largest absolute Gasteiger partial charge is 0.497 e. The van der Waals surface area contributed by atoms with Gasteiger partial charge >= 0.3 is 0 Å². The molecule has 3 aromatic carbocycles. The van der Waals surface area contributed by atoms with Crippen LogP contribution in [0.4, 0.5) is 0 Å². The van der Waals surface area contributed by atoms with Gasteiger partial charge in [-0.25, -0.2) is 0 Å². The smallest absolute Gasteiger partial charge is 0.200 e. The van der Waals surface area contributed by atoms with Crippen LogP contribution in [0.1, 0.15) is 16.9 Å². The predicted molar refractivity (Wildman–Crippen MR) is 132 cm³/mol. The Morgan fingerprint density at radius 1 is 0.912 bits per heavy atom. The van der Waals surface area contributed by atoms with Crippen molar-refractivity contribution in [1.82, 2.24) is 4.90 Å². The van der Waals surface area contributed by atoms with Crippen LogP contribution in [-0.4, -0.2) is 32.4 Å². The number of rotatable bonds is 6. The maximum Gasteiger partial charge on any atom is 0.200 e. The maximum absolute atomic E-state index is 13.5. The number of ether oxygens (including phenoxy) is 3. The van der Waals surface area contributed by atoms with Crippen LogP contribution in [0.25, 0.3) is 22.1 Å². The molecule has 0 atom stereocenters. The lowest BCUT2D eigenvalue weighted by atomic mass is 10.0. The molecule has 174 valence electrons. The number of fused-ring (bicyclic) bond motifs is 3. The van der Waals surface area contributed by atoms with Crippen LogP contribution in [0.5, 0.6) is 17.2 Å². The molecule has 5 rings (SSSR count). The van der Waals surface area contributed by atoms with Crippen LogP contribution in [0.3, 0.4) is 0 Å². The molecule has 1 aliphatic heterocycles. The molecule has 4 aromatic rings. The topological polar surface area (TPSA) is 61.1 Å². The van der Waals surface area contributed by atoms with Crippen molar-refractivity contribution in [3.63, 3.8) is 0 Å². The Morgan fingerprint density at radius 2 is 1.59 bits per heavy atom. The monoisotopic (exact) mass is 457 g/mol. The first-order chi connectivity index (χ1) is 16.6. The summed E-state index contributed by atoms with van der Waals surface area (Å²) >= 11 is 0. The first kappa shape index (κ1) is 22.0. The average Bonchev–Trinajstić information content (AvgIpc) is 2.88. The van der Waals surface area contributed by atoms with Crippen molar-refractivity contribution in [2.75, 3.05) is 27.5 Å². The van der Waals surface area contributed by atoms with Crippen molar-refractivity contribution in [2.24, 2.45) is 0 Å². The molecular weight excluding hydrogens is 430 g/mol. The highest BCUT2D eigenvalue weighted by molar-refractivity contribution is 5.86. The van der Waals surface area contributed by atoms with Crippen molar-refractivity contribution >= 4 is 11.0 Å². The lowest BCUT2D eigenvalue weighted by Gasteiger charge is -2.29. The molecule has 0 N–H and O–H groups in total. The Hall–Kier alpha value is -3.77. The quantitative estimate of drug-likeness (QED) is 0.398. The van der Waals surface area contributed by atoms with Crippen LogP contribution in [-0.2, 0) is 13.0 Å². The molecule has 0 aliphatic carbocycles. The Bertz CT molecular complexity index is 1370. The van der Waals surface area contributed by atoms with Crippen molar-refractivity contribution < 1.29 is 18.6 Å². The van der Waals surface area contributed by atoms with Crippen LogP contribution < -0.4 is 19.6 Å². The van der Waals surface area contributed by atoms with Crippen molar-refractivity contribution in [3.05, 3.63) is 87.8 Å². The van der Waals surface area contributed by atoms with Gasteiger partial charge < -0.3 is 18.6 Å². The predicted octanol–water partition coefficient (Wildman–Crippen LogP) is 5.18. The molecule has 0 spiro atoms. The van der Waals surface area contributed by atoms with Crippen LogP contribution in [0.2, 0.25) is 0 Å². The number of hydrogen-bond donors (Lipinski definition) is 0. The Labute approximate surface area is 198 Å². The van der Waals surface area contributed by atoms with Gasteiger partial charge in [-0.1, -0.05) is 24.3 Å². The molecular formula is C28H27NO5. The van der Waals surface area contributed by atoms with Crippen LogP contribution in [0.15, 0.2) is 69.9 Å². The van der Waals surface area contributed by atoms with E-state index in [2.05, 4.69) is 17.0 Å². The standard InChI is InChI=1S/C28H27NO5/c1-18-26(20-6-10-22(32-3)11-7-20)27(30)23-12-13-25-24(28(23)34-18)16-29(17-33-25)15-14-19-4-8-21(31-2)9-5-19/h4-13H,14-17H2,1-3H3. The van der Waals surface area contributed by atoms with E-state index in [1.165, 1.54) is 5.56 Å². The minimum Gasteiger partial charge on any atom is -0.497 e. The maximum atomic E-state index is 13.5. The summed E-state index contributed by atoms with van der Waals surface area (Å²) in [6.07, 6.45) is 0.887. The lowest BCUT2D eigenvalue weighted by Crippen LogP contribution is -2.33. The van der Waals surface area contributed by atoms with Gasteiger partial charge in [-0.05, 0) is 60.9 Å². The highest BCUT2D eigenvalue weighted by Gasteiger charge is 2.24. The Kier molecular flexibility index (Phi) is 5.99. The molecule has 34 heavy (non-hydrogen) atoms. The number of hydrogen-bond acceptors (Lipinski definition) is 6. The molecule has 6 heteroatoms. The molecule has 2 heterocycles. The number of nitrogens with zero attached hydrogens (tertiary/aromatic N) is 1. The van der Waals surface area contributed by atoms with Gasteiger partial charge in [-0.15, -0.1) is 0 Å². The Morgan fingerprint density at radius 3 is 2.26 bits per heavy atom. The van der Waals surface area contributed by atoms with E-state index in [0.717, 1.165) is 41.3 Å². The molecule has 0 fully saturated rings. The number of methoxy groups -OCH3 is 2. The molecule has 6 nitrogen and oxygen atoms in total. The van der Waals surface area contributed by atoms with Crippen LogP contribution >= 0.6 is 0 Å². The van der Waals surface area contributed by atoms with E-state index in [1.807, 2.05) is 49.4 Å². The average molecular weight is 458 g/mol. The lowest BCUT2D eigenvalue weighted by molar-refractivity contribution is 0.0968.